The van der Waals surface area contributed by atoms with Gasteiger partial charge in [-0.05, 0) is 87.3 Å². The third-order valence-corrected chi connectivity index (χ3v) is 12.0. The molecule has 0 atom stereocenters. The molecule has 12 aromatic rings. The number of aromatic nitrogens is 3. The summed E-state index contributed by atoms with van der Waals surface area (Å²) in [7, 11) is 0. The molecule has 8 aromatic carbocycles. The Morgan fingerprint density at radius 2 is 1.26 bits per heavy atom. The van der Waals surface area contributed by atoms with Crippen molar-refractivity contribution in [1.82, 2.24) is 14.0 Å². The highest BCUT2D eigenvalue weighted by molar-refractivity contribution is 6.28. The van der Waals surface area contributed by atoms with Crippen molar-refractivity contribution in [2.24, 2.45) is 0 Å². The number of rotatable bonds is 2. The van der Waals surface area contributed by atoms with E-state index in [9.17, 15) is 0 Å². The third-order valence-electron chi connectivity index (χ3n) is 12.0. The van der Waals surface area contributed by atoms with Crippen molar-refractivity contribution in [3.05, 3.63) is 163 Å². The van der Waals surface area contributed by atoms with Gasteiger partial charge in [-0.1, -0.05) is 103 Å². The number of fused-ring (bicyclic) bond motifs is 15. The van der Waals surface area contributed by atoms with Gasteiger partial charge in [0.1, 0.15) is 0 Å². The molecule has 0 aliphatic carbocycles. The standard InChI is InChI=1S/C50H30N4/c1-3-12-43-37(8-1)38-10-5-11-39-42-27-41-33(26-46(42)54(43)50(38)39)19-21-45-47(41)40-9-2-4-13-44(40)53(45)36-20-18-30-23-31(15-16-32(30)25-36)35-24-34-17-14-29-7-6-22-51-48(29)49(34)52-28-35/h1-21,23-28,51H,22H2. The molecule has 0 saturated carbocycles. The fraction of sp³-hybridized carbons (Fsp3) is 0.0200. The molecule has 4 nitrogen and oxygen atoms in total. The lowest BCUT2D eigenvalue weighted by molar-refractivity contribution is 1.19. The maximum atomic E-state index is 4.93. The van der Waals surface area contributed by atoms with E-state index in [0.29, 0.717) is 0 Å². The van der Waals surface area contributed by atoms with E-state index in [4.69, 9.17) is 4.98 Å². The molecule has 13 rings (SSSR count). The van der Waals surface area contributed by atoms with E-state index < -0.39 is 0 Å². The Morgan fingerprint density at radius 1 is 0.500 bits per heavy atom. The number of pyridine rings is 1. The summed E-state index contributed by atoms with van der Waals surface area (Å²) in [5.74, 6) is 0. The predicted molar refractivity (Wildman–Crippen MR) is 229 cm³/mol. The minimum absolute atomic E-state index is 0.833. The van der Waals surface area contributed by atoms with Crippen molar-refractivity contribution >= 4 is 104 Å². The Balaban J connectivity index is 0.983. The molecule has 0 spiro atoms. The second-order valence-electron chi connectivity index (χ2n) is 14.8. The normalized spacial score (nSPS) is 13.2. The van der Waals surface area contributed by atoms with Crippen LogP contribution in [0.1, 0.15) is 5.56 Å². The van der Waals surface area contributed by atoms with Gasteiger partial charge < -0.3 is 14.3 Å². The van der Waals surface area contributed by atoms with Crippen LogP contribution in [0.15, 0.2) is 158 Å². The lowest BCUT2D eigenvalue weighted by Crippen LogP contribution is -2.05. The zero-order chi connectivity index (χ0) is 35.1. The van der Waals surface area contributed by atoms with Crippen molar-refractivity contribution < 1.29 is 0 Å². The van der Waals surface area contributed by atoms with Gasteiger partial charge in [0.15, 0.2) is 0 Å². The topological polar surface area (TPSA) is 34.3 Å². The molecule has 0 radical (unpaired) electrons. The van der Waals surface area contributed by atoms with E-state index in [1.165, 1.54) is 92.6 Å². The molecular weight excluding hydrogens is 657 g/mol. The van der Waals surface area contributed by atoms with E-state index in [-0.39, 0.29) is 0 Å². The molecule has 54 heavy (non-hydrogen) atoms. The first-order valence-electron chi connectivity index (χ1n) is 18.7. The van der Waals surface area contributed by atoms with Crippen LogP contribution in [0.5, 0.6) is 0 Å². The summed E-state index contributed by atoms with van der Waals surface area (Å²) in [6, 6.07) is 54.2. The quantitative estimate of drug-likeness (QED) is 0.196. The number of anilines is 1. The molecule has 0 fully saturated rings. The summed E-state index contributed by atoms with van der Waals surface area (Å²) in [6.07, 6.45) is 6.33. The molecule has 1 aliphatic rings. The first-order chi connectivity index (χ1) is 26.8. The Kier molecular flexibility index (Phi) is 5.39. The lowest BCUT2D eigenvalue weighted by Gasteiger charge is -2.15. The smallest absolute Gasteiger partial charge is 0.0939 e. The van der Waals surface area contributed by atoms with Crippen LogP contribution in [0.3, 0.4) is 0 Å². The van der Waals surface area contributed by atoms with Gasteiger partial charge in [0, 0.05) is 61.7 Å². The highest BCUT2D eigenvalue weighted by Crippen LogP contribution is 2.43. The van der Waals surface area contributed by atoms with Gasteiger partial charge in [0.25, 0.3) is 0 Å². The molecule has 1 N–H and O–H groups in total. The van der Waals surface area contributed by atoms with Crippen molar-refractivity contribution in [2.45, 2.75) is 0 Å². The van der Waals surface area contributed by atoms with E-state index in [2.05, 4.69) is 172 Å². The number of para-hydroxylation sites is 3. The van der Waals surface area contributed by atoms with Crippen LogP contribution in [-0.4, -0.2) is 20.5 Å². The first kappa shape index (κ1) is 28.4. The molecule has 250 valence electrons. The van der Waals surface area contributed by atoms with Crippen molar-refractivity contribution in [3.8, 4) is 16.8 Å². The molecule has 4 aromatic heterocycles. The van der Waals surface area contributed by atoms with Crippen LogP contribution in [-0.2, 0) is 0 Å². The van der Waals surface area contributed by atoms with Gasteiger partial charge in [0.05, 0.1) is 38.8 Å². The highest BCUT2D eigenvalue weighted by Gasteiger charge is 2.20. The Morgan fingerprint density at radius 3 is 2.20 bits per heavy atom. The van der Waals surface area contributed by atoms with Crippen LogP contribution in [0, 0.1) is 0 Å². The van der Waals surface area contributed by atoms with Gasteiger partial charge in [0.2, 0.25) is 0 Å². The SMILES string of the molecule is C1=Cc2ccc3cc(-c4ccc5cc(-n6c7ccccc7c7c8cc9c%10cccc%11c%12ccccc%12n(c9cc8ccc76)c%11%10)ccc5c4)cnc3c2NC1. The molecule has 4 heteroatoms. The first-order valence-corrected chi connectivity index (χ1v) is 18.7. The summed E-state index contributed by atoms with van der Waals surface area (Å²) < 4.78 is 4.92. The van der Waals surface area contributed by atoms with Gasteiger partial charge in [-0.25, -0.2) is 0 Å². The van der Waals surface area contributed by atoms with Crippen LogP contribution in [0.4, 0.5) is 5.69 Å². The largest absolute Gasteiger partial charge is 0.379 e. The average Bonchev–Trinajstić information content (AvgIpc) is 3.87. The summed E-state index contributed by atoms with van der Waals surface area (Å²) in [4.78, 5) is 4.93. The minimum Gasteiger partial charge on any atom is -0.379 e. The average molecular weight is 687 g/mol. The monoisotopic (exact) mass is 686 g/mol. The molecular formula is C50H30N4. The van der Waals surface area contributed by atoms with Gasteiger partial charge >= 0.3 is 0 Å². The minimum atomic E-state index is 0.833. The number of nitrogens with zero attached hydrogens (tertiary/aromatic N) is 3. The molecule has 0 amide bonds. The zero-order valence-corrected chi connectivity index (χ0v) is 29.1. The fourth-order valence-electron chi connectivity index (χ4n) is 9.59. The highest BCUT2D eigenvalue weighted by atomic mass is 15.0. The number of hydrogen-bond acceptors (Lipinski definition) is 2. The molecule has 5 heterocycles. The van der Waals surface area contributed by atoms with Gasteiger partial charge in [-0.2, -0.15) is 0 Å². The summed E-state index contributed by atoms with van der Waals surface area (Å²) in [5, 5.41) is 17.4. The molecule has 0 bridgehead atoms. The maximum absolute atomic E-state index is 4.93. The summed E-state index contributed by atoms with van der Waals surface area (Å²) in [5.41, 5.74) is 13.1. The van der Waals surface area contributed by atoms with Crippen molar-refractivity contribution in [3.63, 3.8) is 0 Å². The molecule has 0 unspecified atom stereocenters. The maximum Gasteiger partial charge on any atom is 0.0939 e. The Bertz CT molecular complexity index is 3620. The van der Waals surface area contributed by atoms with Crippen molar-refractivity contribution in [1.29, 1.82) is 0 Å². The van der Waals surface area contributed by atoms with E-state index in [0.717, 1.165) is 34.4 Å². The Labute approximate surface area is 309 Å². The van der Waals surface area contributed by atoms with Crippen LogP contribution in [0.25, 0.3) is 115 Å². The number of hydrogen-bond donors (Lipinski definition) is 1. The fourth-order valence-corrected chi connectivity index (χ4v) is 9.59. The number of benzene rings is 8. The second-order valence-corrected chi connectivity index (χ2v) is 14.8. The lowest BCUT2D eigenvalue weighted by atomic mass is 9.99. The van der Waals surface area contributed by atoms with Gasteiger partial charge in [-0.3, -0.25) is 4.98 Å². The van der Waals surface area contributed by atoms with E-state index >= 15 is 0 Å². The van der Waals surface area contributed by atoms with Crippen LogP contribution in [0.2, 0.25) is 0 Å². The zero-order valence-electron chi connectivity index (χ0n) is 29.1. The van der Waals surface area contributed by atoms with E-state index in [1.807, 2.05) is 6.20 Å². The summed E-state index contributed by atoms with van der Waals surface area (Å²) in [6.45, 7) is 0.833. The third kappa shape index (κ3) is 3.69. The van der Waals surface area contributed by atoms with E-state index in [1.54, 1.807) is 0 Å². The number of nitrogens with one attached hydrogen (secondary N) is 1. The summed E-state index contributed by atoms with van der Waals surface area (Å²) >= 11 is 0. The second kappa shape index (κ2) is 10.2. The predicted octanol–water partition coefficient (Wildman–Crippen LogP) is 12.9. The van der Waals surface area contributed by atoms with Crippen LogP contribution >= 0.6 is 0 Å². The molecule has 1 aliphatic heterocycles. The van der Waals surface area contributed by atoms with Crippen molar-refractivity contribution in [2.75, 3.05) is 11.9 Å². The van der Waals surface area contributed by atoms with Gasteiger partial charge in [-0.15, -0.1) is 0 Å². The Hall–Kier alpha value is -7.17. The molecule has 0 saturated heterocycles. The van der Waals surface area contributed by atoms with Crippen LogP contribution < -0.4 is 5.32 Å².